The minimum atomic E-state index is -0.472. The largest absolute Gasteiger partial charge is 0.505 e. The summed E-state index contributed by atoms with van der Waals surface area (Å²) in [4.78, 5) is 9.02. The van der Waals surface area contributed by atoms with E-state index in [0.717, 1.165) is 22.2 Å². The standard InChI is InChI=1S/C26H27N3O4/c1-15-10-11-27-22(12-15)29-23(18-13-20(31-3)26(33-5)21(14-18)32-4)19-9-8-17-7-6-16(2)28-24(17)25(19)30/h6-14,23,30H,1-5H3,(H,27,29). The molecular formula is C26H27N3O4. The van der Waals surface area contributed by atoms with Gasteiger partial charge in [0.05, 0.1) is 27.4 Å². The summed E-state index contributed by atoms with van der Waals surface area (Å²) < 4.78 is 16.6. The molecule has 0 saturated carbocycles. The second-order valence-corrected chi connectivity index (χ2v) is 7.78. The van der Waals surface area contributed by atoms with Gasteiger partial charge < -0.3 is 24.6 Å². The van der Waals surface area contributed by atoms with Gasteiger partial charge in [-0.3, -0.25) is 0 Å². The second-order valence-electron chi connectivity index (χ2n) is 7.78. The molecule has 2 N–H and O–H groups in total. The number of hydrogen-bond acceptors (Lipinski definition) is 7. The molecule has 2 heterocycles. The number of aromatic nitrogens is 2. The van der Waals surface area contributed by atoms with E-state index in [1.54, 1.807) is 27.5 Å². The molecule has 4 aromatic rings. The first-order valence-electron chi connectivity index (χ1n) is 10.5. The van der Waals surface area contributed by atoms with Crippen LogP contribution >= 0.6 is 0 Å². The van der Waals surface area contributed by atoms with Crippen LogP contribution in [0.4, 0.5) is 5.82 Å². The molecule has 0 aliphatic rings. The van der Waals surface area contributed by atoms with Crippen molar-refractivity contribution in [3.63, 3.8) is 0 Å². The van der Waals surface area contributed by atoms with Gasteiger partial charge in [0.2, 0.25) is 5.75 Å². The molecule has 170 valence electrons. The fourth-order valence-corrected chi connectivity index (χ4v) is 3.89. The van der Waals surface area contributed by atoms with Crippen LogP contribution in [0.2, 0.25) is 0 Å². The number of pyridine rings is 2. The maximum atomic E-state index is 11.3. The van der Waals surface area contributed by atoms with Crippen LogP contribution in [0.5, 0.6) is 23.0 Å². The Labute approximate surface area is 193 Å². The van der Waals surface area contributed by atoms with Gasteiger partial charge in [-0.15, -0.1) is 0 Å². The third kappa shape index (κ3) is 4.35. The van der Waals surface area contributed by atoms with E-state index in [2.05, 4.69) is 15.3 Å². The highest BCUT2D eigenvalue weighted by Crippen LogP contribution is 2.43. The Morgan fingerprint density at radius 1 is 0.879 bits per heavy atom. The van der Waals surface area contributed by atoms with Crippen molar-refractivity contribution < 1.29 is 19.3 Å². The summed E-state index contributed by atoms with van der Waals surface area (Å²) in [7, 11) is 4.72. The predicted octanol–water partition coefficient (Wildman–Crippen LogP) is 5.18. The molecule has 0 aliphatic carbocycles. The third-order valence-electron chi connectivity index (χ3n) is 5.54. The number of hydrogen-bond donors (Lipinski definition) is 2. The molecule has 0 bridgehead atoms. The summed E-state index contributed by atoms with van der Waals surface area (Å²) in [6, 6.07) is 14.9. The molecular weight excluding hydrogens is 418 g/mol. The predicted molar refractivity (Wildman–Crippen MR) is 129 cm³/mol. The fraction of sp³-hybridized carbons (Fsp3) is 0.231. The Morgan fingerprint density at radius 3 is 2.21 bits per heavy atom. The molecule has 0 amide bonds. The number of methoxy groups -OCH3 is 3. The Hall–Kier alpha value is -4.00. The van der Waals surface area contributed by atoms with Crippen molar-refractivity contribution in [2.45, 2.75) is 19.9 Å². The molecule has 1 unspecified atom stereocenters. The molecule has 4 rings (SSSR count). The van der Waals surface area contributed by atoms with Crippen molar-refractivity contribution in [3.05, 3.63) is 77.1 Å². The van der Waals surface area contributed by atoms with E-state index in [1.165, 1.54) is 0 Å². The molecule has 7 heteroatoms. The zero-order valence-corrected chi connectivity index (χ0v) is 19.3. The number of phenolic OH excluding ortho intramolecular Hbond substituents is 1. The molecule has 1 atom stereocenters. The van der Waals surface area contributed by atoms with Gasteiger partial charge in [0.1, 0.15) is 17.1 Å². The summed E-state index contributed by atoms with van der Waals surface area (Å²) in [5.41, 5.74) is 3.89. The number of nitrogens with one attached hydrogen (secondary N) is 1. The topological polar surface area (TPSA) is 85.7 Å². The molecule has 0 fully saturated rings. The number of anilines is 1. The normalized spacial score (nSPS) is 11.8. The van der Waals surface area contributed by atoms with Crippen LogP contribution < -0.4 is 19.5 Å². The van der Waals surface area contributed by atoms with Crippen molar-refractivity contribution in [1.82, 2.24) is 9.97 Å². The average Bonchev–Trinajstić information content (AvgIpc) is 2.82. The van der Waals surface area contributed by atoms with Gasteiger partial charge in [-0.2, -0.15) is 0 Å². The van der Waals surface area contributed by atoms with Crippen LogP contribution in [0.15, 0.2) is 54.7 Å². The van der Waals surface area contributed by atoms with Crippen molar-refractivity contribution in [2.75, 3.05) is 26.6 Å². The van der Waals surface area contributed by atoms with Gasteiger partial charge in [-0.1, -0.05) is 18.2 Å². The van der Waals surface area contributed by atoms with Crippen LogP contribution in [0, 0.1) is 13.8 Å². The molecule has 0 aliphatic heterocycles. The van der Waals surface area contributed by atoms with E-state index in [9.17, 15) is 5.11 Å². The number of benzene rings is 2. The average molecular weight is 446 g/mol. The third-order valence-corrected chi connectivity index (χ3v) is 5.54. The summed E-state index contributed by atoms with van der Waals surface area (Å²) in [5.74, 6) is 2.31. The molecule has 7 nitrogen and oxygen atoms in total. The van der Waals surface area contributed by atoms with Crippen LogP contribution in [0.3, 0.4) is 0 Å². The minimum Gasteiger partial charge on any atom is -0.505 e. The summed E-state index contributed by atoms with van der Waals surface area (Å²) in [6.07, 6.45) is 1.75. The van der Waals surface area contributed by atoms with Gasteiger partial charge >= 0.3 is 0 Å². The number of ether oxygens (including phenoxy) is 3. The number of phenols is 1. The zero-order chi connectivity index (χ0) is 23.5. The van der Waals surface area contributed by atoms with E-state index in [-0.39, 0.29) is 5.75 Å². The zero-order valence-electron chi connectivity index (χ0n) is 19.3. The summed E-state index contributed by atoms with van der Waals surface area (Å²) in [5, 5.41) is 15.6. The lowest BCUT2D eigenvalue weighted by molar-refractivity contribution is 0.323. The van der Waals surface area contributed by atoms with Crippen molar-refractivity contribution in [2.24, 2.45) is 0 Å². The lowest BCUT2D eigenvalue weighted by atomic mass is 9.95. The van der Waals surface area contributed by atoms with E-state index in [1.807, 2.05) is 62.4 Å². The maximum Gasteiger partial charge on any atom is 0.203 e. The molecule has 0 radical (unpaired) electrons. The first kappa shape index (κ1) is 22.2. The maximum absolute atomic E-state index is 11.3. The number of aryl methyl sites for hydroxylation is 2. The first-order chi connectivity index (χ1) is 15.9. The van der Waals surface area contributed by atoms with Crippen molar-refractivity contribution in [3.8, 4) is 23.0 Å². The van der Waals surface area contributed by atoms with Crippen LogP contribution in [0.1, 0.15) is 28.4 Å². The molecule has 2 aromatic carbocycles. The smallest absolute Gasteiger partial charge is 0.203 e. The number of rotatable bonds is 7. The molecule has 2 aromatic heterocycles. The fourth-order valence-electron chi connectivity index (χ4n) is 3.89. The highest BCUT2D eigenvalue weighted by Gasteiger charge is 2.24. The Bertz CT molecular complexity index is 1280. The van der Waals surface area contributed by atoms with E-state index >= 15 is 0 Å². The van der Waals surface area contributed by atoms with E-state index < -0.39 is 6.04 Å². The Balaban J connectivity index is 1.93. The highest BCUT2D eigenvalue weighted by molar-refractivity contribution is 5.86. The Morgan fingerprint density at radius 2 is 1.58 bits per heavy atom. The number of nitrogens with zero attached hydrogens (tertiary/aromatic N) is 2. The van der Waals surface area contributed by atoms with Crippen molar-refractivity contribution >= 4 is 16.7 Å². The quantitative estimate of drug-likeness (QED) is 0.405. The Kier molecular flexibility index (Phi) is 6.22. The number of aromatic hydroxyl groups is 1. The SMILES string of the molecule is COc1cc(C(Nc2cc(C)ccn2)c2ccc3ccc(C)nc3c2O)cc(OC)c1OC. The van der Waals surface area contributed by atoms with E-state index in [4.69, 9.17) is 14.2 Å². The first-order valence-corrected chi connectivity index (χ1v) is 10.5. The van der Waals surface area contributed by atoms with Crippen LogP contribution in [-0.4, -0.2) is 36.4 Å². The van der Waals surface area contributed by atoms with Crippen molar-refractivity contribution in [1.29, 1.82) is 0 Å². The highest BCUT2D eigenvalue weighted by atomic mass is 16.5. The van der Waals surface area contributed by atoms with Gasteiger partial charge in [-0.25, -0.2) is 9.97 Å². The van der Waals surface area contributed by atoms with Gasteiger partial charge in [0.25, 0.3) is 0 Å². The lowest BCUT2D eigenvalue weighted by Gasteiger charge is -2.24. The van der Waals surface area contributed by atoms with Crippen LogP contribution in [0.25, 0.3) is 10.9 Å². The van der Waals surface area contributed by atoms with Gasteiger partial charge in [0, 0.05) is 22.8 Å². The van der Waals surface area contributed by atoms with E-state index in [0.29, 0.717) is 34.1 Å². The summed E-state index contributed by atoms with van der Waals surface area (Å²) in [6.45, 7) is 3.90. The molecule has 33 heavy (non-hydrogen) atoms. The molecule has 0 spiro atoms. The minimum absolute atomic E-state index is 0.107. The monoisotopic (exact) mass is 445 g/mol. The molecule has 0 saturated heterocycles. The van der Waals surface area contributed by atoms with Gasteiger partial charge in [-0.05, 0) is 55.3 Å². The van der Waals surface area contributed by atoms with Crippen LogP contribution in [-0.2, 0) is 0 Å². The lowest BCUT2D eigenvalue weighted by Crippen LogP contribution is -2.14. The summed E-state index contributed by atoms with van der Waals surface area (Å²) >= 11 is 0. The van der Waals surface area contributed by atoms with Gasteiger partial charge in [0.15, 0.2) is 11.5 Å². The number of fused-ring (bicyclic) bond motifs is 1. The second kappa shape index (κ2) is 9.24.